The Kier molecular flexibility index (Phi) is 6.39. The van der Waals surface area contributed by atoms with Gasteiger partial charge >= 0.3 is 0 Å². The van der Waals surface area contributed by atoms with Crippen molar-refractivity contribution in [1.82, 2.24) is 14.9 Å². The third-order valence-electron chi connectivity index (χ3n) is 4.91. The maximum Gasteiger partial charge on any atom is 0.270 e. The highest BCUT2D eigenvalue weighted by molar-refractivity contribution is 7.17. The molecule has 0 atom stereocenters. The van der Waals surface area contributed by atoms with Gasteiger partial charge in [0.15, 0.2) is 0 Å². The monoisotopic (exact) mass is 497 g/mol. The van der Waals surface area contributed by atoms with Crippen LogP contribution in [0.1, 0.15) is 26.5 Å². The second-order valence-corrected chi connectivity index (χ2v) is 8.55. The van der Waals surface area contributed by atoms with Crippen LogP contribution in [0.15, 0.2) is 58.7 Å². The number of halogens is 1. The van der Waals surface area contributed by atoms with E-state index < -0.39 is 16.7 Å². The Bertz CT molecular complexity index is 1500. The predicted molar refractivity (Wildman–Crippen MR) is 129 cm³/mol. The molecule has 0 saturated carbocycles. The number of para-hydroxylation sites is 1. The van der Waals surface area contributed by atoms with E-state index in [-0.39, 0.29) is 39.6 Å². The maximum absolute atomic E-state index is 13.1. The summed E-state index contributed by atoms with van der Waals surface area (Å²) in [7, 11) is 1.55. The molecule has 12 heteroatoms. The number of hydrogen-bond acceptors (Lipinski definition) is 7. The number of anilines is 1. The third kappa shape index (κ3) is 4.65. The van der Waals surface area contributed by atoms with Gasteiger partial charge in [0, 0.05) is 19.2 Å². The molecular weight excluding hydrogens is 482 g/mol. The number of thiophene rings is 1. The number of benzene rings is 2. The summed E-state index contributed by atoms with van der Waals surface area (Å²) in [4.78, 5) is 56.8. The molecule has 0 aliphatic rings. The fraction of sp³-hybridized carbons (Fsp3) is 0.0909. The molecule has 0 saturated heterocycles. The fourth-order valence-corrected chi connectivity index (χ4v) is 4.25. The molecule has 0 bridgehead atoms. The van der Waals surface area contributed by atoms with Crippen LogP contribution in [-0.2, 0) is 6.54 Å². The Balaban J connectivity index is 1.55. The highest BCUT2D eigenvalue weighted by atomic mass is 35.5. The number of hydrogen-bond donors (Lipinski definition) is 2. The smallest absolute Gasteiger partial charge is 0.270 e. The molecule has 10 nitrogen and oxygen atoms in total. The van der Waals surface area contributed by atoms with Gasteiger partial charge in [-0.05, 0) is 29.6 Å². The van der Waals surface area contributed by atoms with Gasteiger partial charge < -0.3 is 15.2 Å². The SMILES string of the molecule is CN(Cc1nc2ccsc2c(=O)[nH]1)C(=O)c1ccccc1NC(=O)c1ccc([N+](=O)[O-])cc1Cl. The normalized spacial score (nSPS) is 10.8. The number of carbonyl (C=O) groups excluding carboxylic acids is 2. The molecule has 172 valence electrons. The van der Waals surface area contributed by atoms with Crippen LogP contribution < -0.4 is 10.9 Å². The second-order valence-electron chi connectivity index (χ2n) is 7.23. The number of nitro benzene ring substituents is 1. The number of fused-ring (bicyclic) bond motifs is 1. The number of non-ortho nitro benzene ring substituents is 1. The molecule has 2 amide bonds. The van der Waals surface area contributed by atoms with E-state index in [0.717, 1.165) is 6.07 Å². The number of carbonyl (C=O) groups is 2. The van der Waals surface area contributed by atoms with Gasteiger partial charge in [-0.2, -0.15) is 0 Å². The second kappa shape index (κ2) is 9.41. The molecule has 2 N–H and O–H groups in total. The summed E-state index contributed by atoms with van der Waals surface area (Å²) in [5.41, 5.74) is 0.490. The number of amides is 2. The zero-order valence-electron chi connectivity index (χ0n) is 17.6. The minimum Gasteiger partial charge on any atom is -0.334 e. The van der Waals surface area contributed by atoms with Crippen molar-refractivity contribution in [3.63, 3.8) is 0 Å². The first-order chi connectivity index (χ1) is 16.2. The minimum absolute atomic E-state index is 0.0220. The molecule has 4 rings (SSSR count). The molecule has 0 aliphatic carbocycles. The standard InChI is InChI=1S/C22H16ClN5O5S/c1-27(11-18-24-17-8-9-34-19(17)21(30)26-18)22(31)14-4-2-3-5-16(14)25-20(29)13-7-6-12(28(32)33)10-15(13)23/h2-10H,11H2,1H3,(H,25,29)(H,24,26,30). The first kappa shape index (κ1) is 23.1. The number of H-pyrrole nitrogens is 1. The van der Waals surface area contributed by atoms with Gasteiger partial charge in [-0.1, -0.05) is 23.7 Å². The van der Waals surface area contributed by atoms with Crippen LogP contribution in [0, 0.1) is 10.1 Å². The molecule has 0 unspecified atom stereocenters. The molecular formula is C22H16ClN5O5S. The zero-order chi connectivity index (χ0) is 24.4. The summed E-state index contributed by atoms with van der Waals surface area (Å²) in [5.74, 6) is -0.721. The lowest BCUT2D eigenvalue weighted by Crippen LogP contribution is -2.29. The lowest BCUT2D eigenvalue weighted by atomic mass is 10.1. The molecule has 0 fully saturated rings. The average Bonchev–Trinajstić information content (AvgIpc) is 3.28. The molecule has 0 aliphatic heterocycles. The highest BCUT2D eigenvalue weighted by Crippen LogP contribution is 2.25. The summed E-state index contributed by atoms with van der Waals surface area (Å²) in [6.07, 6.45) is 0. The van der Waals surface area contributed by atoms with E-state index in [1.165, 1.54) is 28.4 Å². The largest absolute Gasteiger partial charge is 0.334 e. The number of rotatable bonds is 6. The van der Waals surface area contributed by atoms with Crippen molar-refractivity contribution in [1.29, 1.82) is 0 Å². The zero-order valence-corrected chi connectivity index (χ0v) is 19.1. The van der Waals surface area contributed by atoms with Gasteiger partial charge in [0.2, 0.25) is 0 Å². The van der Waals surface area contributed by atoms with E-state index in [1.54, 1.807) is 42.8 Å². The number of nitrogens with zero attached hydrogens (tertiary/aromatic N) is 3. The number of aromatic amines is 1. The van der Waals surface area contributed by atoms with Crippen LogP contribution in [0.2, 0.25) is 5.02 Å². The van der Waals surface area contributed by atoms with Crippen molar-refractivity contribution in [2.24, 2.45) is 0 Å². The third-order valence-corrected chi connectivity index (χ3v) is 6.13. The van der Waals surface area contributed by atoms with Gasteiger partial charge in [-0.15, -0.1) is 11.3 Å². The van der Waals surface area contributed by atoms with E-state index in [0.29, 0.717) is 16.0 Å². The number of nitrogens with one attached hydrogen (secondary N) is 2. The Morgan fingerprint density at radius 2 is 1.97 bits per heavy atom. The van der Waals surface area contributed by atoms with Crippen molar-refractivity contribution in [3.05, 3.63) is 96.4 Å². The lowest BCUT2D eigenvalue weighted by molar-refractivity contribution is -0.384. The summed E-state index contributed by atoms with van der Waals surface area (Å²) in [6, 6.07) is 11.6. The first-order valence-electron chi connectivity index (χ1n) is 9.81. The highest BCUT2D eigenvalue weighted by Gasteiger charge is 2.20. The Morgan fingerprint density at radius 3 is 2.71 bits per heavy atom. The van der Waals surface area contributed by atoms with E-state index in [9.17, 15) is 24.5 Å². The maximum atomic E-state index is 13.1. The van der Waals surface area contributed by atoms with Crippen molar-refractivity contribution < 1.29 is 14.5 Å². The van der Waals surface area contributed by atoms with E-state index >= 15 is 0 Å². The van der Waals surface area contributed by atoms with Crippen LogP contribution in [0.4, 0.5) is 11.4 Å². The van der Waals surface area contributed by atoms with Crippen LogP contribution in [-0.4, -0.2) is 38.7 Å². The lowest BCUT2D eigenvalue weighted by Gasteiger charge is -2.19. The van der Waals surface area contributed by atoms with E-state index in [1.807, 2.05) is 0 Å². The number of aromatic nitrogens is 2. The molecule has 2 heterocycles. The molecule has 0 spiro atoms. The van der Waals surface area contributed by atoms with Crippen molar-refractivity contribution in [2.45, 2.75) is 6.54 Å². The minimum atomic E-state index is -0.628. The van der Waals surface area contributed by atoms with Crippen LogP contribution in [0.25, 0.3) is 10.2 Å². The number of nitro groups is 1. The molecule has 2 aromatic carbocycles. The topological polar surface area (TPSA) is 138 Å². The van der Waals surface area contributed by atoms with Crippen molar-refractivity contribution >= 4 is 56.3 Å². The molecule has 34 heavy (non-hydrogen) atoms. The van der Waals surface area contributed by atoms with Crippen molar-refractivity contribution in [2.75, 3.05) is 12.4 Å². The van der Waals surface area contributed by atoms with E-state index in [2.05, 4.69) is 15.3 Å². The molecule has 2 aromatic heterocycles. The van der Waals surface area contributed by atoms with Gasteiger partial charge in [-0.25, -0.2) is 4.98 Å². The first-order valence-corrected chi connectivity index (χ1v) is 11.1. The Morgan fingerprint density at radius 1 is 1.21 bits per heavy atom. The Hall–Kier alpha value is -4.09. The quantitative estimate of drug-likeness (QED) is 0.304. The van der Waals surface area contributed by atoms with Crippen LogP contribution in [0.5, 0.6) is 0 Å². The summed E-state index contributed by atoms with van der Waals surface area (Å²) < 4.78 is 0.510. The summed E-state index contributed by atoms with van der Waals surface area (Å²) in [5, 5.41) is 15.2. The predicted octanol–water partition coefficient (Wildman–Crippen LogP) is 4.07. The Labute approximate surface area is 201 Å². The summed E-state index contributed by atoms with van der Waals surface area (Å²) in [6.45, 7) is 0.0380. The average molecular weight is 498 g/mol. The fourth-order valence-electron chi connectivity index (χ4n) is 3.27. The van der Waals surface area contributed by atoms with E-state index in [4.69, 9.17) is 11.6 Å². The van der Waals surface area contributed by atoms with Crippen LogP contribution >= 0.6 is 22.9 Å². The van der Waals surface area contributed by atoms with Gasteiger partial charge in [0.1, 0.15) is 10.5 Å². The van der Waals surface area contributed by atoms with Gasteiger partial charge in [0.05, 0.1) is 38.8 Å². The van der Waals surface area contributed by atoms with Gasteiger partial charge in [0.25, 0.3) is 23.1 Å². The summed E-state index contributed by atoms with van der Waals surface area (Å²) >= 11 is 7.33. The molecule has 4 aromatic rings. The van der Waals surface area contributed by atoms with Crippen molar-refractivity contribution in [3.8, 4) is 0 Å². The van der Waals surface area contributed by atoms with Gasteiger partial charge in [-0.3, -0.25) is 24.5 Å². The van der Waals surface area contributed by atoms with Crippen LogP contribution in [0.3, 0.4) is 0 Å². The molecule has 0 radical (unpaired) electrons.